The highest BCUT2D eigenvalue weighted by Crippen LogP contribution is 2.19. The first-order chi connectivity index (χ1) is 14.0. The molecule has 0 aliphatic heterocycles. The molecule has 9 heteroatoms. The Morgan fingerprint density at radius 1 is 1.21 bits per heavy atom. The number of carbonyl (C=O) groups excluding carboxylic acids is 2. The van der Waals surface area contributed by atoms with Gasteiger partial charge in [0.15, 0.2) is 5.16 Å². The first kappa shape index (κ1) is 20.1. The Labute approximate surface area is 170 Å². The highest BCUT2D eigenvalue weighted by molar-refractivity contribution is 7.99. The average Bonchev–Trinajstić information content (AvgIpc) is 2.74. The van der Waals surface area contributed by atoms with Gasteiger partial charge in [-0.15, -0.1) is 0 Å². The SMILES string of the molecule is COC(=O)Cn1c(SCC(=O)Nc2ccccc2C#N)nc2ccccc2c1=O. The lowest BCUT2D eigenvalue weighted by Gasteiger charge is -2.12. The molecule has 0 unspecified atom stereocenters. The molecule has 3 rings (SSSR count). The summed E-state index contributed by atoms with van der Waals surface area (Å²) in [7, 11) is 1.23. The molecule has 1 N–H and O–H groups in total. The molecule has 8 nitrogen and oxygen atoms in total. The summed E-state index contributed by atoms with van der Waals surface area (Å²) in [4.78, 5) is 41.3. The zero-order chi connectivity index (χ0) is 20.8. The lowest BCUT2D eigenvalue weighted by molar-refractivity contribution is -0.141. The third-order valence-corrected chi connectivity index (χ3v) is 4.97. The van der Waals surface area contributed by atoms with Gasteiger partial charge in [0.1, 0.15) is 12.6 Å². The number of carbonyl (C=O) groups is 2. The van der Waals surface area contributed by atoms with Crippen LogP contribution in [0.5, 0.6) is 0 Å². The van der Waals surface area contributed by atoms with Gasteiger partial charge in [0.05, 0.1) is 35.0 Å². The van der Waals surface area contributed by atoms with Crippen LogP contribution in [0, 0.1) is 11.3 Å². The van der Waals surface area contributed by atoms with E-state index in [0.717, 1.165) is 11.8 Å². The Hall–Kier alpha value is -3.64. The number of anilines is 1. The van der Waals surface area contributed by atoms with Crippen LogP contribution < -0.4 is 10.9 Å². The summed E-state index contributed by atoms with van der Waals surface area (Å²) < 4.78 is 5.85. The van der Waals surface area contributed by atoms with Crippen molar-refractivity contribution >= 4 is 40.2 Å². The minimum Gasteiger partial charge on any atom is -0.468 e. The Morgan fingerprint density at radius 3 is 2.69 bits per heavy atom. The van der Waals surface area contributed by atoms with Gasteiger partial charge in [-0.3, -0.25) is 19.0 Å². The quantitative estimate of drug-likeness (QED) is 0.378. The number of hydrogen-bond donors (Lipinski definition) is 1. The van der Waals surface area contributed by atoms with E-state index in [2.05, 4.69) is 15.0 Å². The van der Waals surface area contributed by atoms with Crippen LogP contribution in [0.1, 0.15) is 5.56 Å². The molecule has 29 heavy (non-hydrogen) atoms. The second-order valence-corrected chi connectivity index (χ2v) is 6.82. The monoisotopic (exact) mass is 408 g/mol. The van der Waals surface area contributed by atoms with Crippen LogP contribution in [0.25, 0.3) is 10.9 Å². The van der Waals surface area contributed by atoms with E-state index in [1.54, 1.807) is 48.5 Å². The molecule has 146 valence electrons. The molecule has 3 aromatic rings. The number of nitriles is 1. The van der Waals surface area contributed by atoms with E-state index in [0.29, 0.717) is 22.2 Å². The topological polar surface area (TPSA) is 114 Å². The fraction of sp³-hybridized carbons (Fsp3) is 0.150. The smallest absolute Gasteiger partial charge is 0.325 e. The van der Waals surface area contributed by atoms with Crippen molar-refractivity contribution in [1.29, 1.82) is 5.26 Å². The van der Waals surface area contributed by atoms with Crippen molar-refractivity contribution in [3.8, 4) is 6.07 Å². The number of amides is 1. The van der Waals surface area contributed by atoms with Crippen molar-refractivity contribution < 1.29 is 14.3 Å². The summed E-state index contributed by atoms with van der Waals surface area (Å²) in [5, 5.41) is 12.4. The van der Waals surface area contributed by atoms with Crippen molar-refractivity contribution in [3.63, 3.8) is 0 Å². The molecule has 0 saturated heterocycles. The van der Waals surface area contributed by atoms with Crippen LogP contribution in [0.15, 0.2) is 58.5 Å². The van der Waals surface area contributed by atoms with Crippen LogP contribution >= 0.6 is 11.8 Å². The van der Waals surface area contributed by atoms with Gasteiger partial charge in [-0.1, -0.05) is 36.0 Å². The zero-order valence-electron chi connectivity index (χ0n) is 15.4. The molecule has 0 saturated carbocycles. The number of nitrogens with zero attached hydrogens (tertiary/aromatic N) is 3. The van der Waals surface area contributed by atoms with Gasteiger partial charge < -0.3 is 10.1 Å². The van der Waals surface area contributed by atoms with E-state index in [1.165, 1.54) is 11.7 Å². The molecule has 0 bridgehead atoms. The third-order valence-electron chi connectivity index (χ3n) is 4.00. The molecule has 2 aromatic carbocycles. The van der Waals surface area contributed by atoms with Gasteiger partial charge in [0.25, 0.3) is 5.56 Å². The first-order valence-electron chi connectivity index (χ1n) is 8.51. The number of ether oxygens (including phenoxy) is 1. The van der Waals surface area contributed by atoms with Crippen LogP contribution in [-0.2, 0) is 20.9 Å². The number of benzene rings is 2. The van der Waals surface area contributed by atoms with E-state index in [1.807, 2.05) is 6.07 Å². The van der Waals surface area contributed by atoms with Gasteiger partial charge in [0, 0.05) is 0 Å². The zero-order valence-corrected chi connectivity index (χ0v) is 16.2. The number of fused-ring (bicyclic) bond motifs is 1. The molecule has 0 fully saturated rings. The molecule has 1 amide bonds. The van der Waals surface area contributed by atoms with Crippen molar-refractivity contribution in [3.05, 3.63) is 64.4 Å². The second-order valence-electron chi connectivity index (χ2n) is 5.87. The van der Waals surface area contributed by atoms with Crippen molar-refractivity contribution in [2.24, 2.45) is 0 Å². The number of rotatable bonds is 6. The van der Waals surface area contributed by atoms with E-state index >= 15 is 0 Å². The maximum atomic E-state index is 12.8. The maximum Gasteiger partial charge on any atom is 0.325 e. The Balaban J connectivity index is 1.86. The first-order valence-corrected chi connectivity index (χ1v) is 9.50. The molecule has 0 aliphatic rings. The lowest BCUT2D eigenvalue weighted by atomic mass is 10.2. The number of methoxy groups -OCH3 is 1. The molecule has 1 heterocycles. The summed E-state index contributed by atoms with van der Waals surface area (Å²) >= 11 is 1.02. The predicted molar refractivity (Wildman–Crippen MR) is 109 cm³/mol. The molecule has 0 spiro atoms. The normalized spacial score (nSPS) is 10.3. The Morgan fingerprint density at radius 2 is 1.93 bits per heavy atom. The summed E-state index contributed by atoms with van der Waals surface area (Å²) in [6.07, 6.45) is 0. The van der Waals surface area contributed by atoms with Gasteiger partial charge in [-0.05, 0) is 24.3 Å². The molecular formula is C20H16N4O4S. The van der Waals surface area contributed by atoms with Crippen molar-refractivity contribution in [2.45, 2.75) is 11.7 Å². The summed E-state index contributed by atoms with van der Waals surface area (Å²) in [6.45, 7) is -0.311. The second kappa shape index (κ2) is 9.03. The van der Waals surface area contributed by atoms with Crippen LogP contribution in [0.3, 0.4) is 0 Å². The van der Waals surface area contributed by atoms with Gasteiger partial charge in [0.2, 0.25) is 5.91 Å². The van der Waals surface area contributed by atoms with Gasteiger partial charge >= 0.3 is 5.97 Å². The molecule has 0 radical (unpaired) electrons. The minimum atomic E-state index is -0.599. The van der Waals surface area contributed by atoms with E-state index in [9.17, 15) is 14.4 Å². The maximum absolute atomic E-state index is 12.8. The third kappa shape index (κ3) is 4.62. The number of thioether (sulfide) groups is 1. The van der Waals surface area contributed by atoms with Gasteiger partial charge in [-0.25, -0.2) is 4.98 Å². The fourth-order valence-corrected chi connectivity index (χ4v) is 3.40. The number of esters is 1. The Bertz CT molecular complexity index is 1180. The van der Waals surface area contributed by atoms with Crippen LogP contribution in [-0.4, -0.2) is 34.3 Å². The van der Waals surface area contributed by atoms with Crippen LogP contribution in [0.4, 0.5) is 5.69 Å². The van der Waals surface area contributed by atoms with Gasteiger partial charge in [-0.2, -0.15) is 5.26 Å². The van der Waals surface area contributed by atoms with Crippen LogP contribution in [0.2, 0.25) is 0 Å². The molecular weight excluding hydrogens is 392 g/mol. The largest absolute Gasteiger partial charge is 0.468 e. The minimum absolute atomic E-state index is 0.0638. The summed E-state index contributed by atoms with van der Waals surface area (Å²) in [5.41, 5.74) is 0.825. The molecule has 0 atom stereocenters. The van der Waals surface area contributed by atoms with E-state index < -0.39 is 11.5 Å². The summed E-state index contributed by atoms with van der Waals surface area (Å²) in [5.74, 6) is -1.03. The Kier molecular flexibility index (Phi) is 6.26. The number of nitrogens with one attached hydrogen (secondary N) is 1. The molecule has 0 aliphatic carbocycles. The summed E-state index contributed by atoms with van der Waals surface area (Å²) in [6, 6.07) is 15.4. The molecule has 1 aromatic heterocycles. The van der Waals surface area contributed by atoms with Crippen molar-refractivity contribution in [1.82, 2.24) is 9.55 Å². The predicted octanol–water partition coefficient (Wildman–Crippen LogP) is 2.17. The lowest BCUT2D eigenvalue weighted by Crippen LogP contribution is -2.28. The standard InChI is InChI=1S/C20H16N4O4S/c1-28-18(26)11-24-19(27)14-7-3-5-9-16(14)23-20(24)29-12-17(25)22-15-8-4-2-6-13(15)10-21/h2-9H,11-12H2,1H3,(H,22,25). The average molecular weight is 408 g/mol. The van der Waals surface area contributed by atoms with E-state index in [-0.39, 0.29) is 23.4 Å². The highest BCUT2D eigenvalue weighted by atomic mass is 32.2. The van der Waals surface area contributed by atoms with Crippen molar-refractivity contribution in [2.75, 3.05) is 18.2 Å². The number of aromatic nitrogens is 2. The number of hydrogen-bond acceptors (Lipinski definition) is 7. The highest BCUT2D eigenvalue weighted by Gasteiger charge is 2.16. The fourth-order valence-electron chi connectivity index (χ4n) is 2.60. The van der Waals surface area contributed by atoms with E-state index in [4.69, 9.17) is 5.26 Å². The number of para-hydroxylation sites is 2.